The molecule has 17 heavy (non-hydrogen) atoms. The monoisotopic (exact) mass is 239 g/mol. The molecule has 96 valence electrons. The molecule has 5 nitrogen and oxygen atoms in total. The standard InChI is InChI=1S/C12H21N3O2/c1-4-13-11-6-5-7-12(15-11)14-8-10(17-3)9-16-2/h5-7,10H,4,8-9H2,1-3H3,(H2,13,14,15). The molecule has 0 radical (unpaired) electrons. The molecule has 0 bridgehead atoms. The third-order valence-corrected chi connectivity index (χ3v) is 2.30. The first-order chi connectivity index (χ1) is 8.30. The zero-order valence-electron chi connectivity index (χ0n) is 10.7. The Bertz CT molecular complexity index is 320. The number of anilines is 2. The Morgan fingerprint density at radius 1 is 1.24 bits per heavy atom. The van der Waals surface area contributed by atoms with Crippen LogP contribution in [0.4, 0.5) is 11.6 Å². The Labute approximate surface area is 103 Å². The highest BCUT2D eigenvalue weighted by Crippen LogP contribution is 2.09. The molecule has 0 amide bonds. The van der Waals surface area contributed by atoms with Crippen LogP contribution in [-0.4, -0.2) is 45.0 Å². The second kappa shape index (κ2) is 7.86. The van der Waals surface area contributed by atoms with Crippen LogP contribution in [0.3, 0.4) is 0 Å². The minimum absolute atomic E-state index is 0.0320. The van der Waals surface area contributed by atoms with Crippen molar-refractivity contribution in [3.63, 3.8) is 0 Å². The van der Waals surface area contributed by atoms with Crippen LogP contribution in [0.1, 0.15) is 6.92 Å². The number of aromatic nitrogens is 1. The van der Waals surface area contributed by atoms with Crippen LogP contribution in [0.25, 0.3) is 0 Å². The van der Waals surface area contributed by atoms with Gasteiger partial charge >= 0.3 is 0 Å². The lowest BCUT2D eigenvalue weighted by Gasteiger charge is -2.15. The van der Waals surface area contributed by atoms with E-state index < -0.39 is 0 Å². The second-order valence-corrected chi connectivity index (χ2v) is 3.63. The largest absolute Gasteiger partial charge is 0.382 e. The van der Waals surface area contributed by atoms with Gasteiger partial charge in [0.05, 0.1) is 12.7 Å². The number of nitrogens with zero attached hydrogens (tertiary/aromatic N) is 1. The maximum atomic E-state index is 5.26. The van der Waals surface area contributed by atoms with Gasteiger partial charge in [0.25, 0.3) is 0 Å². The number of hydrogen-bond acceptors (Lipinski definition) is 5. The predicted molar refractivity (Wildman–Crippen MR) is 69.6 cm³/mol. The van der Waals surface area contributed by atoms with Crippen LogP contribution in [0, 0.1) is 0 Å². The van der Waals surface area contributed by atoms with Crippen molar-refractivity contribution in [1.29, 1.82) is 0 Å². The fourth-order valence-corrected chi connectivity index (χ4v) is 1.43. The lowest BCUT2D eigenvalue weighted by Crippen LogP contribution is -2.26. The third-order valence-electron chi connectivity index (χ3n) is 2.30. The molecule has 1 aromatic rings. The van der Waals surface area contributed by atoms with Crippen molar-refractivity contribution >= 4 is 11.6 Å². The van der Waals surface area contributed by atoms with Gasteiger partial charge in [-0.2, -0.15) is 0 Å². The molecule has 0 aliphatic heterocycles. The van der Waals surface area contributed by atoms with E-state index >= 15 is 0 Å². The zero-order valence-corrected chi connectivity index (χ0v) is 10.7. The van der Waals surface area contributed by atoms with Gasteiger partial charge in [0.2, 0.25) is 0 Å². The van der Waals surface area contributed by atoms with Gasteiger partial charge in [0, 0.05) is 27.3 Å². The quantitative estimate of drug-likeness (QED) is 0.721. The topological polar surface area (TPSA) is 55.4 Å². The van der Waals surface area contributed by atoms with Gasteiger partial charge in [-0.3, -0.25) is 0 Å². The number of hydrogen-bond donors (Lipinski definition) is 2. The van der Waals surface area contributed by atoms with E-state index in [1.807, 2.05) is 25.1 Å². The lowest BCUT2D eigenvalue weighted by atomic mass is 10.3. The van der Waals surface area contributed by atoms with Gasteiger partial charge in [0.1, 0.15) is 11.6 Å². The van der Waals surface area contributed by atoms with Gasteiger partial charge in [-0.15, -0.1) is 0 Å². The van der Waals surface area contributed by atoms with Crippen LogP contribution in [0.2, 0.25) is 0 Å². The first-order valence-corrected chi connectivity index (χ1v) is 5.76. The normalized spacial score (nSPS) is 12.2. The Morgan fingerprint density at radius 3 is 2.53 bits per heavy atom. The highest BCUT2D eigenvalue weighted by Gasteiger charge is 2.06. The summed E-state index contributed by atoms with van der Waals surface area (Å²) in [5.74, 6) is 1.71. The Hall–Kier alpha value is -1.33. The zero-order chi connectivity index (χ0) is 12.5. The maximum absolute atomic E-state index is 5.26. The molecule has 1 heterocycles. The van der Waals surface area contributed by atoms with E-state index in [4.69, 9.17) is 9.47 Å². The summed E-state index contributed by atoms with van der Waals surface area (Å²) >= 11 is 0. The molecule has 0 saturated heterocycles. The molecule has 0 aliphatic carbocycles. The summed E-state index contributed by atoms with van der Waals surface area (Å²) < 4.78 is 10.3. The first kappa shape index (κ1) is 13.7. The third kappa shape index (κ3) is 5.01. The molecule has 1 atom stereocenters. The molecule has 0 aliphatic rings. The summed E-state index contributed by atoms with van der Waals surface area (Å²) in [6.07, 6.45) is 0.0320. The van der Waals surface area contributed by atoms with Gasteiger partial charge in [-0.1, -0.05) is 6.07 Å². The van der Waals surface area contributed by atoms with E-state index in [9.17, 15) is 0 Å². The fourth-order valence-electron chi connectivity index (χ4n) is 1.43. The van der Waals surface area contributed by atoms with Gasteiger partial charge < -0.3 is 20.1 Å². The van der Waals surface area contributed by atoms with Crippen LogP contribution >= 0.6 is 0 Å². The van der Waals surface area contributed by atoms with Crippen molar-refractivity contribution in [2.45, 2.75) is 13.0 Å². The minimum atomic E-state index is 0.0320. The summed E-state index contributed by atoms with van der Waals surface area (Å²) in [7, 11) is 3.34. The maximum Gasteiger partial charge on any atom is 0.128 e. The molecule has 0 saturated carbocycles. The molecular weight excluding hydrogens is 218 g/mol. The average molecular weight is 239 g/mol. The van der Waals surface area contributed by atoms with Gasteiger partial charge in [-0.05, 0) is 19.1 Å². The summed E-state index contributed by atoms with van der Waals surface area (Å²) in [4.78, 5) is 4.41. The van der Waals surface area contributed by atoms with Crippen molar-refractivity contribution in [1.82, 2.24) is 4.98 Å². The summed E-state index contributed by atoms with van der Waals surface area (Å²) in [5.41, 5.74) is 0. The summed E-state index contributed by atoms with van der Waals surface area (Å²) in [5, 5.41) is 6.39. The van der Waals surface area contributed by atoms with Crippen LogP contribution in [-0.2, 0) is 9.47 Å². The lowest BCUT2D eigenvalue weighted by molar-refractivity contribution is 0.0365. The smallest absolute Gasteiger partial charge is 0.128 e. The average Bonchev–Trinajstić information content (AvgIpc) is 2.35. The number of methoxy groups -OCH3 is 2. The molecule has 1 unspecified atom stereocenters. The van der Waals surface area contributed by atoms with E-state index in [0.717, 1.165) is 18.2 Å². The van der Waals surface area contributed by atoms with Crippen LogP contribution in [0.15, 0.2) is 18.2 Å². The van der Waals surface area contributed by atoms with Gasteiger partial charge in [-0.25, -0.2) is 4.98 Å². The fraction of sp³-hybridized carbons (Fsp3) is 0.583. The van der Waals surface area contributed by atoms with Crippen molar-refractivity contribution < 1.29 is 9.47 Å². The molecular formula is C12H21N3O2. The first-order valence-electron chi connectivity index (χ1n) is 5.76. The van der Waals surface area contributed by atoms with E-state index in [2.05, 4.69) is 15.6 Å². The van der Waals surface area contributed by atoms with E-state index in [1.165, 1.54) is 0 Å². The SMILES string of the molecule is CCNc1cccc(NCC(COC)OC)n1. The molecule has 0 spiro atoms. The van der Waals surface area contributed by atoms with Crippen molar-refractivity contribution in [3.05, 3.63) is 18.2 Å². The molecule has 0 aromatic carbocycles. The number of rotatable bonds is 8. The highest BCUT2D eigenvalue weighted by molar-refractivity contribution is 5.44. The predicted octanol–water partition coefficient (Wildman–Crippen LogP) is 1.59. The van der Waals surface area contributed by atoms with Crippen molar-refractivity contribution in [2.24, 2.45) is 0 Å². The molecule has 1 rings (SSSR count). The minimum Gasteiger partial charge on any atom is -0.382 e. The van der Waals surface area contributed by atoms with Crippen LogP contribution in [0.5, 0.6) is 0 Å². The van der Waals surface area contributed by atoms with E-state index in [1.54, 1.807) is 14.2 Å². The Balaban J connectivity index is 2.47. The second-order valence-electron chi connectivity index (χ2n) is 3.63. The Kier molecular flexibility index (Phi) is 6.35. The molecule has 1 aromatic heterocycles. The summed E-state index contributed by atoms with van der Waals surface area (Å²) in [6.45, 7) is 4.14. The highest BCUT2D eigenvalue weighted by atomic mass is 16.5. The molecule has 0 fully saturated rings. The van der Waals surface area contributed by atoms with E-state index in [-0.39, 0.29) is 6.10 Å². The van der Waals surface area contributed by atoms with Crippen molar-refractivity contribution in [2.75, 3.05) is 44.5 Å². The summed E-state index contributed by atoms with van der Waals surface area (Å²) in [6, 6.07) is 5.84. The number of nitrogens with one attached hydrogen (secondary N) is 2. The Morgan fingerprint density at radius 2 is 1.94 bits per heavy atom. The van der Waals surface area contributed by atoms with Crippen molar-refractivity contribution in [3.8, 4) is 0 Å². The molecule has 5 heteroatoms. The van der Waals surface area contributed by atoms with E-state index in [0.29, 0.717) is 13.2 Å². The van der Waals surface area contributed by atoms with Gasteiger partial charge in [0.15, 0.2) is 0 Å². The number of pyridine rings is 1. The number of ether oxygens (including phenoxy) is 2. The molecule has 2 N–H and O–H groups in total. The van der Waals surface area contributed by atoms with Crippen LogP contribution < -0.4 is 10.6 Å².